The molecule has 1 amide bonds. The van der Waals surface area contributed by atoms with Gasteiger partial charge in [-0.25, -0.2) is 9.59 Å². The summed E-state index contributed by atoms with van der Waals surface area (Å²) in [6, 6.07) is 1.13. The zero-order valence-corrected chi connectivity index (χ0v) is 22.0. The number of ether oxygens (including phenoxy) is 3. The maximum Gasteiger partial charge on any atom is 0.413 e. The third-order valence-corrected chi connectivity index (χ3v) is 5.73. The Kier molecular flexibility index (Phi) is 11.4. The van der Waals surface area contributed by atoms with Gasteiger partial charge in [0.1, 0.15) is 17.5 Å². The number of hydrogen-bond acceptors (Lipinski definition) is 8. The van der Waals surface area contributed by atoms with Crippen LogP contribution in [0.5, 0.6) is 0 Å². The van der Waals surface area contributed by atoms with Gasteiger partial charge in [0.2, 0.25) is 6.23 Å². The topological polar surface area (TPSA) is 129 Å². The minimum absolute atomic E-state index is 0.0309. The number of rotatable bonds is 13. The molecule has 1 aromatic rings. The molecule has 1 saturated heterocycles. The van der Waals surface area contributed by atoms with Crippen LogP contribution in [-0.2, 0) is 19.0 Å². The van der Waals surface area contributed by atoms with Crippen molar-refractivity contribution >= 4 is 17.9 Å². The molecule has 1 aliphatic rings. The van der Waals surface area contributed by atoms with Gasteiger partial charge in [0.15, 0.2) is 6.10 Å². The van der Waals surface area contributed by atoms with E-state index in [4.69, 9.17) is 14.2 Å². The highest BCUT2D eigenvalue weighted by Crippen LogP contribution is 2.44. The second-order valence-electron chi connectivity index (χ2n) is 10.1. The number of carbonyl (C=O) groups is 2. The van der Waals surface area contributed by atoms with Gasteiger partial charge in [-0.1, -0.05) is 51.9 Å². The van der Waals surface area contributed by atoms with Crippen LogP contribution in [0.3, 0.4) is 0 Å². The molecule has 210 valence electrons. The number of amides is 1. The van der Waals surface area contributed by atoms with E-state index >= 15 is 8.78 Å². The van der Waals surface area contributed by atoms with Gasteiger partial charge in [-0.3, -0.25) is 14.7 Å². The van der Waals surface area contributed by atoms with Crippen molar-refractivity contribution < 1.29 is 37.7 Å². The predicted molar refractivity (Wildman–Crippen MR) is 131 cm³/mol. The summed E-state index contributed by atoms with van der Waals surface area (Å²) in [6.07, 6.45) is 2.29. The van der Waals surface area contributed by atoms with E-state index in [0.29, 0.717) is 11.0 Å². The molecule has 2 heterocycles. The Morgan fingerprint density at radius 1 is 1.16 bits per heavy atom. The van der Waals surface area contributed by atoms with Gasteiger partial charge in [-0.05, 0) is 33.3 Å². The third-order valence-electron chi connectivity index (χ3n) is 5.73. The van der Waals surface area contributed by atoms with E-state index in [2.05, 4.69) is 17.2 Å². The summed E-state index contributed by atoms with van der Waals surface area (Å²) in [5.74, 6) is -4.85. The zero-order chi connectivity index (χ0) is 27.6. The molecule has 0 bridgehead atoms. The summed E-state index contributed by atoms with van der Waals surface area (Å²) in [4.78, 5) is 40.2. The molecule has 0 spiro atoms. The first-order valence-corrected chi connectivity index (χ1v) is 12.8. The fourth-order valence-electron chi connectivity index (χ4n) is 3.93. The first kappa shape index (κ1) is 30.6. The fourth-order valence-corrected chi connectivity index (χ4v) is 3.93. The van der Waals surface area contributed by atoms with Gasteiger partial charge in [0.05, 0.1) is 6.61 Å². The summed E-state index contributed by atoms with van der Waals surface area (Å²) >= 11 is 0. The number of alkyl halides is 2. The van der Waals surface area contributed by atoms with E-state index in [0.717, 1.165) is 37.9 Å². The number of aromatic nitrogens is 2. The number of nitrogens with one attached hydrogen (secondary N) is 1. The van der Waals surface area contributed by atoms with Crippen LogP contribution < -0.4 is 11.0 Å². The predicted octanol–water partition coefficient (Wildman–Crippen LogP) is 4.56. The van der Waals surface area contributed by atoms with Crippen molar-refractivity contribution in [1.29, 1.82) is 0 Å². The smallest absolute Gasteiger partial charge is 0.413 e. The van der Waals surface area contributed by atoms with Crippen molar-refractivity contribution in [2.45, 2.75) is 115 Å². The molecule has 2 rings (SSSR count). The Hall–Kier alpha value is -2.60. The number of halogens is 2. The number of anilines is 1. The van der Waals surface area contributed by atoms with Crippen molar-refractivity contribution in [2.24, 2.45) is 0 Å². The Labute approximate surface area is 215 Å². The molecular formula is C25H39F2N3O7. The second kappa shape index (κ2) is 13.8. The van der Waals surface area contributed by atoms with Crippen LogP contribution in [0.1, 0.15) is 91.7 Å². The molecule has 3 atom stereocenters. The lowest BCUT2D eigenvalue weighted by molar-refractivity contribution is -0.176. The highest BCUT2D eigenvalue weighted by Gasteiger charge is 2.62. The van der Waals surface area contributed by atoms with Crippen LogP contribution in [0.15, 0.2) is 17.1 Å². The lowest BCUT2D eigenvalue weighted by atomic mass is 10.1. The van der Waals surface area contributed by atoms with E-state index in [1.807, 2.05) is 0 Å². The number of aliphatic hydroxyl groups excluding tert-OH is 1. The van der Waals surface area contributed by atoms with E-state index in [1.165, 1.54) is 19.3 Å². The maximum atomic E-state index is 15.2. The number of esters is 1. The van der Waals surface area contributed by atoms with E-state index in [-0.39, 0.29) is 12.2 Å². The van der Waals surface area contributed by atoms with Gasteiger partial charge < -0.3 is 19.3 Å². The molecule has 12 heteroatoms. The molecule has 0 saturated carbocycles. The summed E-state index contributed by atoms with van der Waals surface area (Å²) in [7, 11) is 0. The van der Waals surface area contributed by atoms with E-state index in [9.17, 15) is 19.5 Å². The van der Waals surface area contributed by atoms with Crippen LogP contribution in [0.25, 0.3) is 0 Å². The first-order valence-electron chi connectivity index (χ1n) is 12.8. The highest BCUT2D eigenvalue weighted by atomic mass is 19.3. The average molecular weight is 532 g/mol. The summed E-state index contributed by atoms with van der Waals surface area (Å²) < 4.78 is 46.3. The van der Waals surface area contributed by atoms with Crippen LogP contribution in [-0.4, -0.2) is 57.1 Å². The summed E-state index contributed by atoms with van der Waals surface area (Å²) in [5.41, 5.74) is -1.93. The Balaban J connectivity index is 1.98. The maximum absolute atomic E-state index is 15.2. The van der Waals surface area contributed by atoms with Crippen LogP contribution >= 0.6 is 0 Å². The lowest BCUT2D eigenvalue weighted by Crippen LogP contribution is -2.44. The molecule has 0 aliphatic carbocycles. The van der Waals surface area contributed by atoms with E-state index < -0.39 is 54.3 Å². The summed E-state index contributed by atoms with van der Waals surface area (Å²) in [6.45, 7) is 6.24. The summed E-state index contributed by atoms with van der Waals surface area (Å²) in [5, 5.41) is 11.8. The van der Waals surface area contributed by atoms with Crippen molar-refractivity contribution in [1.82, 2.24) is 9.55 Å². The third kappa shape index (κ3) is 9.33. The molecule has 2 N–H and O–H groups in total. The van der Waals surface area contributed by atoms with Gasteiger partial charge >= 0.3 is 23.7 Å². The van der Waals surface area contributed by atoms with E-state index in [1.54, 1.807) is 20.8 Å². The molecule has 1 aromatic heterocycles. The minimum Gasteiger partial charge on any atom is -0.453 e. The van der Waals surface area contributed by atoms with Crippen molar-refractivity contribution in [3.05, 3.63) is 22.7 Å². The Morgan fingerprint density at radius 3 is 2.35 bits per heavy atom. The number of nitrogens with zero attached hydrogens (tertiary/aromatic N) is 2. The quantitative estimate of drug-likeness (QED) is 0.280. The molecule has 0 radical (unpaired) electrons. The number of unbranched alkanes of at least 4 members (excludes halogenated alkanes) is 7. The average Bonchev–Trinajstić information content (AvgIpc) is 3.04. The van der Waals surface area contributed by atoms with Crippen molar-refractivity contribution in [3.8, 4) is 0 Å². The normalized spacial score (nSPS) is 21.0. The molecular weight excluding hydrogens is 492 g/mol. The van der Waals surface area contributed by atoms with Crippen LogP contribution in [0.4, 0.5) is 19.4 Å². The SMILES string of the molecule is CCCCCCCCCCC(=O)O[C@@H]1[C@@H](CO)OC(n2ccc(NC(=O)OC(C)(C)C)nc2=O)C1(F)F. The first-order chi connectivity index (χ1) is 17.4. The molecule has 37 heavy (non-hydrogen) atoms. The largest absolute Gasteiger partial charge is 0.453 e. The Bertz CT molecular complexity index is 949. The minimum atomic E-state index is -3.83. The number of carbonyl (C=O) groups excluding carboxylic acids is 2. The van der Waals surface area contributed by atoms with Crippen molar-refractivity contribution in [2.75, 3.05) is 11.9 Å². The molecule has 1 aliphatic heterocycles. The molecule has 1 unspecified atom stereocenters. The monoisotopic (exact) mass is 531 g/mol. The van der Waals surface area contributed by atoms with Gasteiger partial charge in [0, 0.05) is 12.6 Å². The highest BCUT2D eigenvalue weighted by molar-refractivity contribution is 5.83. The number of hydrogen-bond donors (Lipinski definition) is 2. The van der Waals surface area contributed by atoms with Gasteiger partial charge in [-0.2, -0.15) is 13.8 Å². The number of aliphatic hydroxyl groups is 1. The fraction of sp³-hybridized carbons (Fsp3) is 0.760. The second-order valence-corrected chi connectivity index (χ2v) is 10.1. The lowest BCUT2D eigenvalue weighted by Gasteiger charge is -2.24. The van der Waals surface area contributed by atoms with Crippen molar-refractivity contribution in [3.63, 3.8) is 0 Å². The molecule has 10 nitrogen and oxygen atoms in total. The van der Waals surface area contributed by atoms with Gasteiger partial charge in [-0.15, -0.1) is 0 Å². The standard InChI is InChI=1S/C25H39F2N3O7/c1-5-6-7-8-9-10-11-12-13-19(32)36-20-17(16-31)35-21(25(20,26)27)30-15-14-18(28-22(30)33)29-23(34)37-24(2,3)4/h14-15,17,20-21,31H,5-13,16H2,1-4H3,(H,28,29,33,34)/t17-,20-,21?/m1/s1. The van der Waals surface area contributed by atoms with Crippen LogP contribution in [0, 0.1) is 0 Å². The Morgan fingerprint density at radius 2 is 1.78 bits per heavy atom. The van der Waals surface area contributed by atoms with Gasteiger partial charge in [0.25, 0.3) is 0 Å². The molecule has 0 aromatic carbocycles. The molecule has 1 fully saturated rings. The van der Waals surface area contributed by atoms with Crippen LogP contribution in [0.2, 0.25) is 0 Å². The zero-order valence-electron chi connectivity index (χ0n) is 22.0.